The fourth-order valence-corrected chi connectivity index (χ4v) is 6.00. The lowest BCUT2D eigenvalue weighted by Gasteiger charge is -2.25. The first-order valence-electron chi connectivity index (χ1n) is 10.1. The van der Waals surface area contributed by atoms with Gasteiger partial charge < -0.3 is 9.47 Å². The van der Waals surface area contributed by atoms with Crippen molar-refractivity contribution in [1.29, 1.82) is 0 Å². The second kappa shape index (κ2) is 9.31. The van der Waals surface area contributed by atoms with Crippen LogP contribution in [-0.4, -0.2) is 50.9 Å². The number of carbonyl (C=O) groups is 1. The van der Waals surface area contributed by atoms with E-state index in [1.54, 1.807) is 26.4 Å². The van der Waals surface area contributed by atoms with Crippen molar-refractivity contribution in [3.05, 3.63) is 42.0 Å². The molecule has 1 saturated heterocycles. The molecule has 0 bridgehead atoms. The lowest BCUT2D eigenvalue weighted by molar-refractivity contribution is 0.0962. The maximum Gasteiger partial charge on any atom is 0.269 e. The average molecular weight is 477 g/mol. The summed E-state index contributed by atoms with van der Waals surface area (Å²) in [5.74, 6) is 0.843. The van der Waals surface area contributed by atoms with Crippen LogP contribution in [0.25, 0.3) is 10.2 Å². The number of nitrogens with zero attached hydrogens (tertiary/aromatic N) is 2. The second-order valence-electron chi connectivity index (χ2n) is 7.24. The highest BCUT2D eigenvalue weighted by Gasteiger charge is 2.26. The highest BCUT2D eigenvalue weighted by molar-refractivity contribution is 7.89. The van der Waals surface area contributed by atoms with Crippen LogP contribution in [0.5, 0.6) is 11.5 Å². The number of carbonyl (C=O) groups excluding carboxylic acids is 1. The fraction of sp³-hybridized carbons (Fsp3) is 0.333. The zero-order valence-electron chi connectivity index (χ0n) is 17.8. The number of aromatic nitrogens is 1. The minimum atomic E-state index is -3.53. The standard InChI is InChI=1S/C21H24N4O5S2/c1-29-16-10-11-17(30-2)19-18(16)22-21(31-19)24-23-20(26)14-6-8-15(9-7-14)32(27,28)25-12-4-3-5-13-25/h6-11H,3-5,12-13H2,1-2H3,(H,22,24)(H,23,26). The molecule has 1 amide bonds. The molecule has 4 rings (SSSR count). The molecule has 0 radical (unpaired) electrons. The maximum atomic E-state index is 12.8. The van der Waals surface area contributed by atoms with E-state index < -0.39 is 15.9 Å². The molecule has 0 aliphatic carbocycles. The molecule has 1 aliphatic heterocycles. The van der Waals surface area contributed by atoms with Crippen molar-refractivity contribution in [3.63, 3.8) is 0 Å². The van der Waals surface area contributed by atoms with Crippen molar-refractivity contribution in [2.24, 2.45) is 0 Å². The third-order valence-electron chi connectivity index (χ3n) is 5.26. The number of fused-ring (bicyclic) bond motifs is 1. The molecule has 170 valence electrons. The summed E-state index contributed by atoms with van der Waals surface area (Å²) in [7, 11) is -0.399. The average Bonchev–Trinajstić information content (AvgIpc) is 3.27. The van der Waals surface area contributed by atoms with Gasteiger partial charge in [-0.1, -0.05) is 17.8 Å². The number of sulfonamides is 1. The van der Waals surface area contributed by atoms with Gasteiger partial charge in [-0.3, -0.25) is 15.6 Å². The summed E-state index contributed by atoms with van der Waals surface area (Å²) in [4.78, 5) is 17.2. The summed E-state index contributed by atoms with van der Waals surface area (Å²) >= 11 is 1.31. The van der Waals surface area contributed by atoms with Gasteiger partial charge in [0.1, 0.15) is 21.7 Å². The van der Waals surface area contributed by atoms with Crippen LogP contribution in [0.2, 0.25) is 0 Å². The number of rotatable bonds is 7. The third kappa shape index (κ3) is 4.36. The summed E-state index contributed by atoms with van der Waals surface area (Å²) < 4.78 is 38.5. The molecule has 1 aliphatic rings. The molecule has 0 unspecified atom stereocenters. The summed E-state index contributed by atoms with van der Waals surface area (Å²) in [6, 6.07) is 9.49. The van der Waals surface area contributed by atoms with Gasteiger partial charge in [0.05, 0.1) is 19.1 Å². The molecule has 9 nitrogen and oxygen atoms in total. The number of anilines is 1. The Balaban J connectivity index is 1.45. The largest absolute Gasteiger partial charge is 0.495 e. The van der Waals surface area contributed by atoms with E-state index in [9.17, 15) is 13.2 Å². The van der Waals surface area contributed by atoms with Gasteiger partial charge in [-0.05, 0) is 49.2 Å². The molecule has 0 atom stereocenters. The lowest BCUT2D eigenvalue weighted by atomic mass is 10.2. The van der Waals surface area contributed by atoms with Crippen molar-refractivity contribution in [2.45, 2.75) is 24.2 Å². The molecule has 1 fully saturated rings. The monoisotopic (exact) mass is 476 g/mol. The smallest absolute Gasteiger partial charge is 0.269 e. The van der Waals surface area contributed by atoms with Crippen molar-refractivity contribution in [3.8, 4) is 11.5 Å². The molecule has 2 heterocycles. The predicted molar refractivity (Wildman–Crippen MR) is 123 cm³/mol. The van der Waals surface area contributed by atoms with Crippen LogP contribution in [-0.2, 0) is 10.0 Å². The van der Waals surface area contributed by atoms with Crippen LogP contribution in [0.3, 0.4) is 0 Å². The first-order chi connectivity index (χ1) is 15.4. The number of hydrazine groups is 1. The molecule has 32 heavy (non-hydrogen) atoms. The Hall–Kier alpha value is -2.89. The molecule has 2 N–H and O–H groups in total. The van der Waals surface area contributed by atoms with Gasteiger partial charge in [0.2, 0.25) is 15.2 Å². The number of hydrogen-bond donors (Lipinski definition) is 2. The van der Waals surface area contributed by atoms with Crippen LogP contribution in [0, 0.1) is 0 Å². The zero-order chi connectivity index (χ0) is 22.7. The first-order valence-corrected chi connectivity index (χ1v) is 12.4. The van der Waals surface area contributed by atoms with E-state index in [0.717, 1.165) is 24.0 Å². The Bertz CT molecular complexity index is 1180. The van der Waals surface area contributed by atoms with Gasteiger partial charge in [0.25, 0.3) is 5.91 Å². The number of methoxy groups -OCH3 is 2. The van der Waals surface area contributed by atoms with E-state index >= 15 is 0 Å². The fourth-order valence-electron chi connectivity index (χ4n) is 3.55. The van der Waals surface area contributed by atoms with Crippen LogP contribution < -0.4 is 20.3 Å². The number of thiazole rings is 1. The number of ether oxygens (including phenoxy) is 2. The number of amides is 1. The van der Waals surface area contributed by atoms with Gasteiger partial charge in [0.15, 0.2) is 0 Å². The van der Waals surface area contributed by atoms with Gasteiger partial charge in [-0.15, -0.1) is 0 Å². The molecule has 0 spiro atoms. The van der Waals surface area contributed by atoms with E-state index in [4.69, 9.17) is 9.47 Å². The molecule has 1 aromatic heterocycles. The number of hydrogen-bond acceptors (Lipinski definition) is 8. The summed E-state index contributed by atoms with van der Waals surface area (Å²) in [6.07, 6.45) is 2.79. The molecule has 2 aromatic carbocycles. The molecule has 0 saturated carbocycles. The molecule has 11 heteroatoms. The molecular weight excluding hydrogens is 452 g/mol. The van der Waals surface area contributed by atoms with Crippen LogP contribution in [0.15, 0.2) is 41.3 Å². The third-order valence-corrected chi connectivity index (χ3v) is 8.16. The first kappa shape index (κ1) is 22.3. The minimum Gasteiger partial charge on any atom is -0.495 e. The maximum absolute atomic E-state index is 12.8. The Morgan fingerprint density at radius 2 is 1.66 bits per heavy atom. The number of benzene rings is 2. The predicted octanol–water partition coefficient (Wildman–Crippen LogP) is 3.25. The quantitative estimate of drug-likeness (QED) is 0.504. The van der Waals surface area contributed by atoms with Gasteiger partial charge in [0, 0.05) is 18.7 Å². The Morgan fingerprint density at radius 1 is 1.00 bits per heavy atom. The zero-order valence-corrected chi connectivity index (χ0v) is 19.4. The van der Waals surface area contributed by atoms with E-state index in [-0.39, 0.29) is 4.90 Å². The van der Waals surface area contributed by atoms with Crippen molar-refractivity contribution < 1.29 is 22.7 Å². The Labute approximate surface area is 190 Å². The number of nitrogens with one attached hydrogen (secondary N) is 2. The highest BCUT2D eigenvalue weighted by atomic mass is 32.2. The molecule has 3 aromatic rings. The van der Waals surface area contributed by atoms with Crippen LogP contribution in [0.4, 0.5) is 5.13 Å². The number of piperidine rings is 1. The van der Waals surface area contributed by atoms with E-state index in [2.05, 4.69) is 15.8 Å². The molecular formula is C21H24N4O5S2. The van der Waals surface area contributed by atoms with E-state index in [1.165, 1.54) is 39.9 Å². The van der Waals surface area contributed by atoms with Gasteiger partial charge in [-0.25, -0.2) is 13.4 Å². The second-order valence-corrected chi connectivity index (χ2v) is 10.2. The SMILES string of the molecule is COc1ccc(OC)c2sc(NNC(=O)c3ccc(S(=O)(=O)N4CCCCC4)cc3)nc12. The van der Waals surface area contributed by atoms with Gasteiger partial charge in [-0.2, -0.15) is 4.31 Å². The highest BCUT2D eigenvalue weighted by Crippen LogP contribution is 2.38. The summed E-state index contributed by atoms with van der Waals surface area (Å²) in [5, 5.41) is 0.459. The van der Waals surface area contributed by atoms with E-state index in [1.807, 2.05) is 0 Å². The van der Waals surface area contributed by atoms with Crippen LogP contribution >= 0.6 is 11.3 Å². The topological polar surface area (TPSA) is 110 Å². The lowest BCUT2D eigenvalue weighted by Crippen LogP contribution is -2.35. The van der Waals surface area contributed by atoms with Crippen molar-refractivity contribution in [2.75, 3.05) is 32.7 Å². The van der Waals surface area contributed by atoms with Gasteiger partial charge >= 0.3 is 0 Å². The Morgan fingerprint density at radius 3 is 2.31 bits per heavy atom. The van der Waals surface area contributed by atoms with Crippen LogP contribution in [0.1, 0.15) is 29.6 Å². The minimum absolute atomic E-state index is 0.189. The van der Waals surface area contributed by atoms with Crippen molar-refractivity contribution in [1.82, 2.24) is 14.7 Å². The normalized spacial score (nSPS) is 14.8. The van der Waals surface area contributed by atoms with Crippen molar-refractivity contribution >= 4 is 42.6 Å². The van der Waals surface area contributed by atoms with E-state index in [0.29, 0.717) is 40.8 Å². The summed E-state index contributed by atoms with van der Waals surface area (Å²) in [5.41, 5.74) is 6.34. The Kier molecular flexibility index (Phi) is 6.49. The summed E-state index contributed by atoms with van der Waals surface area (Å²) in [6.45, 7) is 1.07.